The first kappa shape index (κ1) is 16.9. The van der Waals surface area contributed by atoms with Gasteiger partial charge in [0.2, 0.25) is 3.79 Å². The SMILES string of the molecule is O=C(O)[C@H](CSCc1ccccc1)NCC(Cl)(Cl)Cl. The zero-order valence-electron chi connectivity index (χ0n) is 9.98. The summed E-state index contributed by atoms with van der Waals surface area (Å²) in [6.45, 7) is 0.000526. The standard InChI is InChI=1S/C12H14Cl3NO2S/c13-12(14,15)8-16-10(11(17)18)7-19-6-9-4-2-1-3-5-9/h1-5,10,16H,6-8H2,(H,17,18)/t10-/m0/s1. The van der Waals surface area contributed by atoms with Crippen LogP contribution < -0.4 is 5.32 Å². The van der Waals surface area contributed by atoms with Gasteiger partial charge in [0, 0.05) is 18.1 Å². The summed E-state index contributed by atoms with van der Waals surface area (Å²) in [7, 11) is 0. The summed E-state index contributed by atoms with van der Waals surface area (Å²) >= 11 is 18.3. The predicted octanol–water partition coefficient (Wildman–Crippen LogP) is 3.33. The molecule has 0 bridgehead atoms. The van der Waals surface area contributed by atoms with E-state index in [0.717, 1.165) is 11.3 Å². The fourth-order valence-electron chi connectivity index (χ4n) is 1.33. The van der Waals surface area contributed by atoms with Crippen molar-refractivity contribution in [3.05, 3.63) is 35.9 Å². The monoisotopic (exact) mass is 341 g/mol. The average Bonchev–Trinajstić information content (AvgIpc) is 2.33. The number of carbonyl (C=O) groups is 1. The molecule has 7 heteroatoms. The second-order valence-corrected chi connectivity index (χ2v) is 7.43. The highest BCUT2D eigenvalue weighted by Gasteiger charge is 2.24. The number of nitrogens with one attached hydrogen (secondary N) is 1. The number of halogens is 3. The van der Waals surface area contributed by atoms with Crippen LogP contribution in [0, 0.1) is 0 Å². The lowest BCUT2D eigenvalue weighted by atomic mass is 10.2. The maximum atomic E-state index is 11.1. The summed E-state index contributed by atoms with van der Waals surface area (Å²) in [4.78, 5) is 11.1. The van der Waals surface area contributed by atoms with Crippen LogP contribution in [0.1, 0.15) is 5.56 Å². The van der Waals surface area contributed by atoms with Gasteiger partial charge in [-0.2, -0.15) is 11.8 Å². The Morgan fingerprint density at radius 2 is 1.95 bits per heavy atom. The average molecular weight is 343 g/mol. The highest BCUT2D eigenvalue weighted by Crippen LogP contribution is 2.24. The highest BCUT2D eigenvalue weighted by molar-refractivity contribution is 7.98. The van der Waals surface area contributed by atoms with Crippen molar-refractivity contribution >= 4 is 52.5 Å². The maximum Gasteiger partial charge on any atom is 0.321 e. The van der Waals surface area contributed by atoms with Gasteiger partial charge in [-0.15, -0.1) is 0 Å². The molecule has 0 saturated carbocycles. The van der Waals surface area contributed by atoms with E-state index < -0.39 is 15.8 Å². The molecule has 0 heterocycles. The number of alkyl halides is 3. The summed E-state index contributed by atoms with van der Waals surface area (Å²) in [5.74, 6) is 0.209. The van der Waals surface area contributed by atoms with Crippen LogP contribution in [0.5, 0.6) is 0 Å². The van der Waals surface area contributed by atoms with Crippen molar-refractivity contribution in [1.82, 2.24) is 5.32 Å². The van der Waals surface area contributed by atoms with Crippen molar-refractivity contribution in [3.8, 4) is 0 Å². The van der Waals surface area contributed by atoms with Gasteiger partial charge >= 0.3 is 5.97 Å². The van der Waals surface area contributed by atoms with Crippen LogP contribution in [0.4, 0.5) is 0 Å². The van der Waals surface area contributed by atoms with E-state index in [4.69, 9.17) is 39.9 Å². The molecule has 1 aromatic carbocycles. The van der Waals surface area contributed by atoms with Crippen molar-refractivity contribution < 1.29 is 9.90 Å². The van der Waals surface area contributed by atoms with E-state index in [1.165, 1.54) is 11.8 Å². The molecule has 1 rings (SSSR count). The maximum absolute atomic E-state index is 11.1. The molecular weight excluding hydrogens is 329 g/mol. The molecule has 0 saturated heterocycles. The van der Waals surface area contributed by atoms with Crippen LogP contribution in [0.15, 0.2) is 30.3 Å². The number of aliphatic carboxylic acids is 1. The third-order valence-corrected chi connectivity index (χ3v) is 3.75. The van der Waals surface area contributed by atoms with E-state index in [2.05, 4.69) is 5.32 Å². The summed E-state index contributed by atoms with van der Waals surface area (Å²) in [5.41, 5.74) is 1.15. The first-order chi connectivity index (χ1) is 8.88. The van der Waals surface area contributed by atoms with Gasteiger partial charge in [-0.05, 0) is 5.56 Å². The molecule has 1 atom stereocenters. The Hall–Kier alpha value is -0.130. The topological polar surface area (TPSA) is 49.3 Å². The van der Waals surface area contributed by atoms with E-state index in [9.17, 15) is 4.79 Å². The Morgan fingerprint density at radius 3 is 2.47 bits per heavy atom. The Balaban J connectivity index is 2.36. The molecule has 0 radical (unpaired) electrons. The normalized spacial score (nSPS) is 13.2. The van der Waals surface area contributed by atoms with Crippen LogP contribution in [0.3, 0.4) is 0 Å². The zero-order valence-corrected chi connectivity index (χ0v) is 13.1. The predicted molar refractivity (Wildman–Crippen MR) is 82.3 cm³/mol. The van der Waals surface area contributed by atoms with E-state index in [-0.39, 0.29) is 6.54 Å². The van der Waals surface area contributed by atoms with Crippen molar-refractivity contribution in [1.29, 1.82) is 0 Å². The number of carboxylic acid groups (broad SMARTS) is 1. The third kappa shape index (κ3) is 7.90. The number of benzene rings is 1. The number of carboxylic acids is 1. The second kappa shape index (κ2) is 8.22. The molecule has 0 aromatic heterocycles. The van der Waals surface area contributed by atoms with Crippen LogP contribution in [-0.4, -0.2) is 33.2 Å². The number of thioether (sulfide) groups is 1. The van der Waals surface area contributed by atoms with Crippen molar-refractivity contribution in [3.63, 3.8) is 0 Å². The van der Waals surface area contributed by atoms with E-state index >= 15 is 0 Å². The van der Waals surface area contributed by atoms with E-state index in [1.54, 1.807) is 0 Å². The lowest BCUT2D eigenvalue weighted by Crippen LogP contribution is -2.42. The summed E-state index contributed by atoms with van der Waals surface area (Å²) < 4.78 is -1.49. The Kier molecular flexibility index (Phi) is 7.32. The minimum absolute atomic E-state index is 0.000526. The minimum atomic E-state index is -1.49. The smallest absolute Gasteiger partial charge is 0.321 e. The molecule has 0 aliphatic heterocycles. The molecule has 0 aliphatic rings. The molecule has 0 unspecified atom stereocenters. The van der Waals surface area contributed by atoms with Gasteiger partial charge in [0.05, 0.1) is 0 Å². The fraction of sp³-hybridized carbons (Fsp3) is 0.417. The van der Waals surface area contributed by atoms with Crippen molar-refractivity contribution in [2.75, 3.05) is 12.3 Å². The molecular formula is C12H14Cl3NO2S. The van der Waals surface area contributed by atoms with E-state index in [0.29, 0.717) is 5.75 Å². The summed E-state index contributed by atoms with van der Waals surface area (Å²) in [6.07, 6.45) is 0. The van der Waals surface area contributed by atoms with Crippen molar-refractivity contribution in [2.24, 2.45) is 0 Å². The molecule has 3 nitrogen and oxygen atoms in total. The molecule has 19 heavy (non-hydrogen) atoms. The lowest BCUT2D eigenvalue weighted by molar-refractivity contribution is -0.138. The lowest BCUT2D eigenvalue weighted by Gasteiger charge is -2.17. The molecule has 106 valence electrons. The van der Waals surface area contributed by atoms with Crippen molar-refractivity contribution in [2.45, 2.75) is 15.6 Å². The number of hydrogen-bond acceptors (Lipinski definition) is 3. The molecule has 0 amide bonds. The summed E-state index contributed by atoms with van der Waals surface area (Å²) in [6, 6.07) is 9.10. The molecule has 0 aliphatic carbocycles. The Labute approximate surface area is 131 Å². The van der Waals surface area contributed by atoms with Crippen LogP contribution in [0.25, 0.3) is 0 Å². The quantitative estimate of drug-likeness (QED) is 0.746. The Morgan fingerprint density at radius 1 is 1.32 bits per heavy atom. The van der Waals surface area contributed by atoms with Gasteiger partial charge < -0.3 is 5.11 Å². The van der Waals surface area contributed by atoms with Crippen LogP contribution >= 0.6 is 46.6 Å². The first-order valence-electron chi connectivity index (χ1n) is 5.53. The summed E-state index contributed by atoms with van der Waals surface area (Å²) in [5, 5.41) is 11.8. The minimum Gasteiger partial charge on any atom is -0.480 e. The third-order valence-electron chi connectivity index (χ3n) is 2.24. The molecule has 2 N–H and O–H groups in total. The molecule has 1 aromatic rings. The van der Waals surface area contributed by atoms with Gasteiger partial charge in [-0.25, -0.2) is 0 Å². The first-order valence-corrected chi connectivity index (χ1v) is 7.82. The zero-order chi connectivity index (χ0) is 14.3. The number of hydrogen-bond donors (Lipinski definition) is 2. The van der Waals surface area contributed by atoms with E-state index in [1.807, 2.05) is 30.3 Å². The van der Waals surface area contributed by atoms with Gasteiger partial charge in [-0.1, -0.05) is 65.1 Å². The van der Waals surface area contributed by atoms with Crippen LogP contribution in [-0.2, 0) is 10.5 Å². The Bertz CT molecular complexity index is 398. The number of rotatable bonds is 7. The highest BCUT2D eigenvalue weighted by atomic mass is 35.6. The van der Waals surface area contributed by atoms with Gasteiger partial charge in [0.1, 0.15) is 6.04 Å². The second-order valence-electron chi connectivity index (χ2n) is 3.89. The van der Waals surface area contributed by atoms with Gasteiger partial charge in [-0.3, -0.25) is 10.1 Å². The largest absolute Gasteiger partial charge is 0.480 e. The van der Waals surface area contributed by atoms with Gasteiger partial charge in [0.15, 0.2) is 0 Å². The van der Waals surface area contributed by atoms with Gasteiger partial charge in [0.25, 0.3) is 0 Å². The fourth-order valence-corrected chi connectivity index (χ4v) is 2.60. The van der Waals surface area contributed by atoms with Crippen LogP contribution in [0.2, 0.25) is 0 Å². The molecule has 0 fully saturated rings. The molecule has 0 spiro atoms.